The van der Waals surface area contributed by atoms with E-state index in [1.165, 1.54) is 25.7 Å². The van der Waals surface area contributed by atoms with Crippen molar-refractivity contribution in [1.82, 2.24) is 15.4 Å². The minimum atomic E-state index is -0.0135. The predicted molar refractivity (Wildman–Crippen MR) is 92.2 cm³/mol. The molecule has 1 aromatic rings. The zero-order valence-electron chi connectivity index (χ0n) is 14.8. The first kappa shape index (κ1) is 16.6. The number of hydrogen-bond acceptors (Lipinski definition) is 4. The quantitative estimate of drug-likeness (QED) is 0.909. The lowest BCUT2D eigenvalue weighted by Crippen LogP contribution is -2.40. The molecule has 1 saturated heterocycles. The minimum absolute atomic E-state index is 0.0135. The second-order valence-electron chi connectivity index (χ2n) is 7.79. The molecule has 25 heavy (non-hydrogen) atoms. The summed E-state index contributed by atoms with van der Waals surface area (Å²) in [6.45, 7) is 1.62. The van der Waals surface area contributed by atoms with E-state index < -0.39 is 0 Å². The second-order valence-corrected chi connectivity index (χ2v) is 7.79. The van der Waals surface area contributed by atoms with E-state index in [-0.39, 0.29) is 17.9 Å². The maximum Gasteiger partial charge on any atom is 0.276 e. The number of carbonyl (C=O) groups excluding carboxylic acids is 2. The molecule has 2 heterocycles. The third-order valence-electron chi connectivity index (χ3n) is 5.95. The molecular weight excluding hydrogens is 318 g/mol. The van der Waals surface area contributed by atoms with Gasteiger partial charge in [0.05, 0.1) is 0 Å². The third-order valence-corrected chi connectivity index (χ3v) is 5.95. The molecule has 2 aliphatic carbocycles. The van der Waals surface area contributed by atoms with Crippen LogP contribution in [0, 0.1) is 5.92 Å². The van der Waals surface area contributed by atoms with E-state index in [1.807, 2.05) is 4.90 Å². The molecule has 0 radical (unpaired) electrons. The van der Waals surface area contributed by atoms with Crippen molar-refractivity contribution >= 4 is 11.8 Å². The van der Waals surface area contributed by atoms with Crippen LogP contribution in [-0.4, -0.2) is 41.0 Å². The van der Waals surface area contributed by atoms with Crippen LogP contribution < -0.4 is 5.32 Å². The average molecular weight is 345 g/mol. The molecule has 136 valence electrons. The molecule has 0 aromatic carbocycles. The Balaban J connectivity index is 1.39. The highest BCUT2D eigenvalue weighted by Gasteiger charge is 2.32. The Morgan fingerprint density at radius 1 is 1.12 bits per heavy atom. The molecule has 0 spiro atoms. The summed E-state index contributed by atoms with van der Waals surface area (Å²) in [7, 11) is 0. The Bertz CT molecular complexity index is 642. The van der Waals surface area contributed by atoms with E-state index in [2.05, 4.69) is 10.5 Å². The molecule has 6 heteroatoms. The number of likely N-dealkylation sites (tertiary alicyclic amines) is 1. The van der Waals surface area contributed by atoms with Crippen LogP contribution >= 0.6 is 0 Å². The van der Waals surface area contributed by atoms with Crippen molar-refractivity contribution < 1.29 is 14.1 Å². The number of aromatic nitrogens is 1. The molecular formula is C19H27N3O3. The van der Waals surface area contributed by atoms with Crippen LogP contribution in [0.3, 0.4) is 0 Å². The van der Waals surface area contributed by atoms with Crippen LogP contribution in [0.1, 0.15) is 73.2 Å². The molecule has 1 aromatic heterocycles. The van der Waals surface area contributed by atoms with Gasteiger partial charge in [-0.1, -0.05) is 18.0 Å². The molecule has 2 fully saturated rings. The van der Waals surface area contributed by atoms with Gasteiger partial charge in [-0.05, 0) is 44.4 Å². The van der Waals surface area contributed by atoms with Crippen molar-refractivity contribution in [3.05, 3.63) is 17.0 Å². The summed E-state index contributed by atoms with van der Waals surface area (Å²) < 4.78 is 5.42. The van der Waals surface area contributed by atoms with E-state index in [9.17, 15) is 9.59 Å². The smallest absolute Gasteiger partial charge is 0.276 e. The van der Waals surface area contributed by atoms with Gasteiger partial charge in [0.15, 0.2) is 5.69 Å². The van der Waals surface area contributed by atoms with Crippen LogP contribution in [0.15, 0.2) is 4.52 Å². The van der Waals surface area contributed by atoms with Gasteiger partial charge in [-0.15, -0.1) is 0 Å². The van der Waals surface area contributed by atoms with Crippen LogP contribution in [0.2, 0.25) is 0 Å². The third kappa shape index (κ3) is 3.58. The molecule has 0 bridgehead atoms. The molecule has 6 nitrogen and oxygen atoms in total. The Hall–Kier alpha value is -1.85. The zero-order valence-corrected chi connectivity index (χ0v) is 14.8. The van der Waals surface area contributed by atoms with Gasteiger partial charge in [-0.25, -0.2) is 0 Å². The van der Waals surface area contributed by atoms with Gasteiger partial charge >= 0.3 is 0 Å². The van der Waals surface area contributed by atoms with Crippen molar-refractivity contribution in [2.24, 2.45) is 5.92 Å². The summed E-state index contributed by atoms with van der Waals surface area (Å²) in [4.78, 5) is 26.8. The molecule has 4 rings (SSSR count). The van der Waals surface area contributed by atoms with Gasteiger partial charge in [-0.2, -0.15) is 0 Å². The van der Waals surface area contributed by atoms with E-state index in [4.69, 9.17) is 4.52 Å². The van der Waals surface area contributed by atoms with Crippen molar-refractivity contribution in [2.75, 3.05) is 13.1 Å². The van der Waals surface area contributed by atoms with Crippen LogP contribution in [-0.2, 0) is 17.6 Å². The van der Waals surface area contributed by atoms with E-state index in [1.54, 1.807) is 0 Å². The van der Waals surface area contributed by atoms with Crippen molar-refractivity contribution in [3.8, 4) is 0 Å². The first-order valence-corrected chi connectivity index (χ1v) is 9.77. The number of nitrogens with zero attached hydrogens (tertiary/aromatic N) is 2. The Kier molecular flexibility index (Phi) is 4.77. The molecule has 3 aliphatic rings. The van der Waals surface area contributed by atoms with E-state index in [0.29, 0.717) is 24.5 Å². The highest BCUT2D eigenvalue weighted by Crippen LogP contribution is 2.29. The van der Waals surface area contributed by atoms with Gasteiger partial charge in [0.25, 0.3) is 5.91 Å². The summed E-state index contributed by atoms with van der Waals surface area (Å²) in [6.07, 6.45) is 9.90. The summed E-state index contributed by atoms with van der Waals surface area (Å²) in [5.41, 5.74) is 1.38. The molecule has 1 N–H and O–H groups in total. The summed E-state index contributed by atoms with van der Waals surface area (Å²) in [5, 5.41) is 7.24. The Morgan fingerprint density at radius 2 is 1.88 bits per heavy atom. The number of aryl methyl sites for hydroxylation is 1. The first-order chi connectivity index (χ1) is 12.2. The average Bonchev–Trinajstić information content (AvgIpc) is 3.35. The van der Waals surface area contributed by atoms with Gasteiger partial charge < -0.3 is 14.7 Å². The lowest BCUT2D eigenvalue weighted by Gasteiger charge is -2.23. The fraction of sp³-hybridized carbons (Fsp3) is 0.737. The van der Waals surface area contributed by atoms with Gasteiger partial charge in [0.1, 0.15) is 5.76 Å². The van der Waals surface area contributed by atoms with Crippen LogP contribution in [0.4, 0.5) is 0 Å². The Labute approximate surface area is 148 Å². The number of fused-ring (bicyclic) bond motifs is 1. The normalized spacial score (nSPS) is 23.7. The van der Waals surface area contributed by atoms with Crippen LogP contribution in [0.5, 0.6) is 0 Å². The first-order valence-electron chi connectivity index (χ1n) is 9.77. The predicted octanol–water partition coefficient (Wildman–Crippen LogP) is 2.46. The minimum Gasteiger partial charge on any atom is -0.360 e. The van der Waals surface area contributed by atoms with Crippen molar-refractivity contribution in [3.63, 3.8) is 0 Å². The second kappa shape index (κ2) is 7.18. The fourth-order valence-electron chi connectivity index (χ4n) is 4.53. The molecule has 1 aliphatic heterocycles. The van der Waals surface area contributed by atoms with E-state index >= 15 is 0 Å². The summed E-state index contributed by atoms with van der Waals surface area (Å²) >= 11 is 0. The topological polar surface area (TPSA) is 75.4 Å². The van der Waals surface area contributed by atoms with Crippen molar-refractivity contribution in [2.45, 2.75) is 70.3 Å². The molecule has 2 amide bonds. The molecule has 1 atom stereocenters. The van der Waals surface area contributed by atoms with Gasteiger partial charge in [0, 0.05) is 37.5 Å². The lowest BCUT2D eigenvalue weighted by molar-refractivity contribution is -0.122. The monoisotopic (exact) mass is 345 g/mol. The van der Waals surface area contributed by atoms with Crippen molar-refractivity contribution in [1.29, 1.82) is 0 Å². The fourth-order valence-corrected chi connectivity index (χ4v) is 4.53. The zero-order chi connectivity index (χ0) is 17.2. The van der Waals surface area contributed by atoms with E-state index in [0.717, 1.165) is 50.1 Å². The lowest BCUT2D eigenvalue weighted by atomic mass is 9.91. The van der Waals surface area contributed by atoms with Gasteiger partial charge in [0.2, 0.25) is 5.91 Å². The highest BCUT2D eigenvalue weighted by molar-refractivity contribution is 5.94. The number of amides is 2. The van der Waals surface area contributed by atoms with Gasteiger partial charge in [-0.3, -0.25) is 9.59 Å². The maximum atomic E-state index is 12.7. The Morgan fingerprint density at radius 3 is 2.64 bits per heavy atom. The molecule has 1 saturated carbocycles. The standard InChI is InChI=1S/C19H27N3O3/c23-17(11-13-5-1-2-6-13)20-14-7-8-16-15(12-14)18(21-25-16)19(24)22-9-3-4-10-22/h13-14H,1-12H2,(H,20,23). The summed E-state index contributed by atoms with van der Waals surface area (Å²) in [5.74, 6) is 1.52. The number of nitrogens with one attached hydrogen (secondary N) is 1. The van der Waals surface area contributed by atoms with Crippen LogP contribution in [0.25, 0.3) is 0 Å². The SMILES string of the molecule is O=C(CC1CCCC1)NC1CCc2onc(C(=O)N3CCCC3)c2C1. The highest BCUT2D eigenvalue weighted by atomic mass is 16.5. The maximum absolute atomic E-state index is 12.7. The molecule has 1 unspecified atom stereocenters. The largest absolute Gasteiger partial charge is 0.360 e. The number of hydrogen-bond donors (Lipinski definition) is 1. The number of carbonyl (C=O) groups is 2. The number of rotatable bonds is 4. The summed E-state index contributed by atoms with van der Waals surface area (Å²) in [6, 6.07) is 0.0888.